The van der Waals surface area contributed by atoms with E-state index in [1.54, 1.807) is 6.92 Å². The molecule has 5 nitrogen and oxygen atoms in total. The number of hydrogen-bond acceptors (Lipinski definition) is 4. The summed E-state index contributed by atoms with van der Waals surface area (Å²) in [5.74, 6) is -0.968. The van der Waals surface area contributed by atoms with Gasteiger partial charge in [0.05, 0.1) is 6.54 Å². The van der Waals surface area contributed by atoms with Gasteiger partial charge in [0.25, 0.3) is 0 Å². The summed E-state index contributed by atoms with van der Waals surface area (Å²) in [6, 6.07) is 0. The van der Waals surface area contributed by atoms with Crippen molar-refractivity contribution in [1.82, 2.24) is 0 Å². The Morgan fingerprint density at radius 2 is 2.00 bits per heavy atom. The topological polar surface area (TPSA) is 111 Å². The Morgan fingerprint density at radius 3 is 2.00 bits per heavy atom. The molecule has 0 bridgehead atoms. The summed E-state index contributed by atoms with van der Waals surface area (Å²) in [6.07, 6.45) is 1.00. The highest BCUT2D eigenvalue weighted by atomic mass is 16.4. The molecular formula is C5H11N3O2. The normalized spacial score (nSPS) is 7.00. The monoisotopic (exact) mass is 145 g/mol. The highest BCUT2D eigenvalue weighted by molar-refractivity contribution is 6.26. The molecule has 0 rings (SSSR count). The molecule has 0 unspecified atom stereocenters. The van der Waals surface area contributed by atoms with Crippen molar-refractivity contribution in [3.8, 4) is 0 Å². The van der Waals surface area contributed by atoms with Crippen molar-refractivity contribution in [2.75, 3.05) is 6.54 Å². The molecular weight excluding hydrogens is 134 g/mol. The van der Waals surface area contributed by atoms with Gasteiger partial charge in [-0.2, -0.15) is 0 Å². The molecule has 0 aromatic rings. The van der Waals surface area contributed by atoms with Crippen LogP contribution in [-0.2, 0) is 4.79 Å². The average molecular weight is 145 g/mol. The van der Waals surface area contributed by atoms with E-state index in [2.05, 4.69) is 5.73 Å². The van der Waals surface area contributed by atoms with E-state index in [0.717, 1.165) is 6.21 Å². The van der Waals surface area contributed by atoms with Crippen LogP contribution in [0.3, 0.4) is 0 Å². The highest BCUT2D eigenvalue weighted by Gasteiger charge is 1.81. The maximum Gasteiger partial charge on any atom is 0.317 e. The number of hydrogen-bond donors (Lipinski definition) is 4. The molecule has 0 heterocycles. The molecule has 0 aliphatic heterocycles. The van der Waals surface area contributed by atoms with Crippen molar-refractivity contribution in [3.05, 3.63) is 0 Å². The molecule has 5 N–H and O–H groups in total. The Hall–Kier alpha value is -1.23. The van der Waals surface area contributed by atoms with Crippen LogP contribution in [0.2, 0.25) is 0 Å². The van der Waals surface area contributed by atoms with E-state index < -0.39 is 5.97 Å². The molecule has 0 aliphatic rings. The van der Waals surface area contributed by atoms with Crippen LogP contribution >= 0.6 is 0 Å². The first-order chi connectivity index (χ1) is 4.54. The zero-order valence-electron chi connectivity index (χ0n) is 5.72. The van der Waals surface area contributed by atoms with Gasteiger partial charge in [-0.05, 0) is 6.92 Å². The molecule has 0 saturated heterocycles. The first-order valence-electron chi connectivity index (χ1n) is 2.52. The van der Waals surface area contributed by atoms with Crippen molar-refractivity contribution in [2.45, 2.75) is 6.92 Å². The van der Waals surface area contributed by atoms with E-state index in [0.29, 0.717) is 5.71 Å². The first kappa shape index (κ1) is 11.6. The van der Waals surface area contributed by atoms with Gasteiger partial charge in [0.1, 0.15) is 0 Å². The van der Waals surface area contributed by atoms with Crippen LogP contribution in [0.25, 0.3) is 0 Å². The molecule has 0 fully saturated rings. The lowest BCUT2D eigenvalue weighted by Gasteiger charge is -1.73. The fraction of sp³-hybridized carbons (Fsp3) is 0.400. The molecule has 0 aromatic heterocycles. The number of aliphatic carboxylic acids is 1. The molecule has 0 aliphatic carbocycles. The Labute approximate surface area is 58.9 Å². The van der Waals surface area contributed by atoms with Crippen molar-refractivity contribution >= 4 is 17.9 Å². The van der Waals surface area contributed by atoms with Gasteiger partial charge in [-0.25, -0.2) is 0 Å². The molecule has 0 aromatic carbocycles. The van der Waals surface area contributed by atoms with Gasteiger partial charge in [-0.1, -0.05) is 0 Å². The van der Waals surface area contributed by atoms with Crippen LogP contribution in [0.5, 0.6) is 0 Å². The second-order valence-electron chi connectivity index (χ2n) is 1.43. The number of carboxylic acid groups (broad SMARTS) is 1. The first-order valence-corrected chi connectivity index (χ1v) is 2.52. The summed E-state index contributed by atoms with van der Waals surface area (Å²) in [7, 11) is 0. The van der Waals surface area contributed by atoms with Gasteiger partial charge < -0.3 is 21.7 Å². The molecule has 0 radical (unpaired) electrons. The lowest BCUT2D eigenvalue weighted by Crippen LogP contribution is -2.10. The van der Waals surface area contributed by atoms with Crippen LogP contribution in [0, 0.1) is 10.8 Å². The number of rotatable bonds is 2. The number of nitrogens with two attached hydrogens (primary N) is 1. The van der Waals surface area contributed by atoms with Gasteiger partial charge in [0.2, 0.25) is 0 Å². The smallest absolute Gasteiger partial charge is 0.317 e. The predicted molar refractivity (Wildman–Crippen MR) is 38.9 cm³/mol. The molecule has 58 valence electrons. The van der Waals surface area contributed by atoms with Crippen LogP contribution in [0.1, 0.15) is 6.92 Å². The lowest BCUT2D eigenvalue weighted by molar-refractivity contribution is -0.135. The second kappa shape index (κ2) is 7.77. The Kier molecular flexibility index (Phi) is 8.98. The summed E-state index contributed by atoms with van der Waals surface area (Å²) in [4.78, 5) is 9.24. The third-order valence-corrected chi connectivity index (χ3v) is 0.391. The van der Waals surface area contributed by atoms with Gasteiger partial charge in [-0.3, -0.25) is 4.79 Å². The van der Waals surface area contributed by atoms with Crippen LogP contribution in [0.4, 0.5) is 0 Å². The third kappa shape index (κ3) is 29.4. The minimum Gasteiger partial charge on any atom is -0.480 e. The summed E-state index contributed by atoms with van der Waals surface area (Å²) in [5, 5.41) is 20.4. The van der Waals surface area contributed by atoms with E-state index in [1.807, 2.05) is 0 Å². The average Bonchev–Trinajstić information content (AvgIpc) is 1.89. The van der Waals surface area contributed by atoms with Crippen molar-refractivity contribution < 1.29 is 9.90 Å². The van der Waals surface area contributed by atoms with Crippen molar-refractivity contribution in [2.24, 2.45) is 5.73 Å². The van der Waals surface area contributed by atoms with Crippen molar-refractivity contribution in [3.63, 3.8) is 0 Å². The highest BCUT2D eigenvalue weighted by Crippen LogP contribution is 1.51. The minimum atomic E-state index is -0.968. The van der Waals surface area contributed by atoms with E-state index in [-0.39, 0.29) is 6.54 Å². The Bertz CT molecular complexity index is 133. The Balaban J connectivity index is 0. The zero-order chi connectivity index (χ0) is 8.57. The Morgan fingerprint density at radius 1 is 1.80 bits per heavy atom. The SMILES string of the molecule is CC(=N)C=N.NCC(=O)O. The molecule has 0 saturated carbocycles. The molecule has 0 atom stereocenters. The quantitative estimate of drug-likeness (QED) is 0.400. The van der Waals surface area contributed by atoms with E-state index in [9.17, 15) is 4.79 Å². The van der Waals surface area contributed by atoms with Crippen LogP contribution in [0.15, 0.2) is 0 Å². The fourth-order valence-electron chi connectivity index (χ4n) is 0. The maximum atomic E-state index is 9.24. The van der Waals surface area contributed by atoms with Gasteiger partial charge in [0, 0.05) is 11.9 Å². The molecule has 10 heavy (non-hydrogen) atoms. The molecule has 0 amide bonds. The van der Waals surface area contributed by atoms with Gasteiger partial charge in [-0.15, -0.1) is 0 Å². The molecule has 5 heteroatoms. The summed E-state index contributed by atoms with van der Waals surface area (Å²) in [5.41, 5.74) is 4.87. The second-order valence-corrected chi connectivity index (χ2v) is 1.43. The van der Waals surface area contributed by atoms with E-state index in [1.165, 1.54) is 0 Å². The summed E-state index contributed by atoms with van der Waals surface area (Å²) in [6.45, 7) is 1.28. The van der Waals surface area contributed by atoms with Crippen molar-refractivity contribution in [1.29, 1.82) is 10.8 Å². The van der Waals surface area contributed by atoms with Crippen LogP contribution in [-0.4, -0.2) is 29.5 Å². The molecule has 0 spiro atoms. The van der Waals surface area contributed by atoms with Gasteiger partial charge in [0.15, 0.2) is 0 Å². The maximum absolute atomic E-state index is 9.24. The third-order valence-electron chi connectivity index (χ3n) is 0.391. The van der Waals surface area contributed by atoms with E-state index in [4.69, 9.17) is 15.9 Å². The number of nitrogens with one attached hydrogen (secondary N) is 2. The number of carbonyl (C=O) groups is 1. The lowest BCUT2D eigenvalue weighted by atomic mass is 10.5. The fourth-order valence-corrected chi connectivity index (χ4v) is 0. The van der Waals surface area contributed by atoms with Gasteiger partial charge >= 0.3 is 5.97 Å². The van der Waals surface area contributed by atoms with Crippen LogP contribution < -0.4 is 5.73 Å². The summed E-state index contributed by atoms with van der Waals surface area (Å²) < 4.78 is 0. The predicted octanol–water partition coefficient (Wildman–Crippen LogP) is -0.295. The summed E-state index contributed by atoms with van der Waals surface area (Å²) >= 11 is 0. The largest absolute Gasteiger partial charge is 0.480 e. The standard InChI is InChI=1S/C3H6N2.C2H5NO2/c1-3(5)2-4;3-1-2(4)5/h2,4-5H,1H3;1,3H2,(H,4,5). The van der Waals surface area contributed by atoms with E-state index >= 15 is 0 Å². The zero-order valence-corrected chi connectivity index (χ0v) is 5.72. The minimum absolute atomic E-state index is 0.278. The number of carboxylic acids is 1.